The van der Waals surface area contributed by atoms with E-state index in [0.29, 0.717) is 13.2 Å². The monoisotopic (exact) mass is 145 g/mol. The average Bonchev–Trinajstić information content (AvgIpc) is 1.89. The van der Waals surface area contributed by atoms with Crippen molar-refractivity contribution < 1.29 is 14.6 Å². The lowest BCUT2D eigenvalue weighted by Crippen LogP contribution is -2.57. The summed E-state index contributed by atoms with van der Waals surface area (Å²) in [6.07, 6.45) is 0. The van der Waals surface area contributed by atoms with Crippen LogP contribution in [0.3, 0.4) is 0 Å². The number of aliphatic carboxylic acids is 1. The molecule has 0 aromatic heterocycles. The molecule has 0 aromatic rings. The van der Waals surface area contributed by atoms with E-state index in [9.17, 15) is 4.79 Å². The molecule has 0 aliphatic carbocycles. The third-order valence-electron chi connectivity index (χ3n) is 1.62. The minimum absolute atomic E-state index is 0.252. The maximum absolute atomic E-state index is 10.5. The summed E-state index contributed by atoms with van der Waals surface area (Å²) in [7, 11) is 0. The first-order chi connectivity index (χ1) is 4.65. The Balaban J connectivity index is 2.56. The zero-order chi connectivity index (χ0) is 7.61. The Morgan fingerprint density at radius 1 is 1.80 bits per heavy atom. The standard InChI is InChI=1S/C6H11NO3/c1-6(5(8)9)4-10-3-2-7-6/h7H,2-4H2,1H3,(H,8,9). The van der Waals surface area contributed by atoms with Gasteiger partial charge in [-0.25, -0.2) is 0 Å². The van der Waals surface area contributed by atoms with Gasteiger partial charge < -0.3 is 9.84 Å². The van der Waals surface area contributed by atoms with Crippen molar-refractivity contribution in [1.29, 1.82) is 0 Å². The molecule has 0 saturated carbocycles. The molecular formula is C6H11NO3. The van der Waals surface area contributed by atoms with Crippen LogP contribution in [0.25, 0.3) is 0 Å². The molecular weight excluding hydrogens is 134 g/mol. The maximum atomic E-state index is 10.5. The van der Waals surface area contributed by atoms with Crippen LogP contribution in [0.4, 0.5) is 0 Å². The molecule has 1 unspecified atom stereocenters. The summed E-state index contributed by atoms with van der Waals surface area (Å²) in [5, 5.41) is 11.5. The van der Waals surface area contributed by atoms with Gasteiger partial charge in [0.25, 0.3) is 0 Å². The summed E-state index contributed by atoms with van der Waals surface area (Å²) in [6.45, 7) is 3.09. The van der Waals surface area contributed by atoms with Gasteiger partial charge in [-0.2, -0.15) is 0 Å². The zero-order valence-electron chi connectivity index (χ0n) is 5.89. The third kappa shape index (κ3) is 1.27. The Morgan fingerprint density at radius 3 is 2.80 bits per heavy atom. The largest absolute Gasteiger partial charge is 0.480 e. The molecule has 1 saturated heterocycles. The molecule has 1 heterocycles. The highest BCUT2D eigenvalue weighted by atomic mass is 16.5. The van der Waals surface area contributed by atoms with E-state index in [1.54, 1.807) is 6.92 Å². The fourth-order valence-electron chi connectivity index (χ4n) is 0.864. The van der Waals surface area contributed by atoms with Gasteiger partial charge in [0.2, 0.25) is 0 Å². The Labute approximate surface area is 59.2 Å². The van der Waals surface area contributed by atoms with E-state index in [1.165, 1.54) is 0 Å². The van der Waals surface area contributed by atoms with Crippen molar-refractivity contribution in [3.05, 3.63) is 0 Å². The normalized spacial score (nSPS) is 33.7. The van der Waals surface area contributed by atoms with E-state index < -0.39 is 11.5 Å². The van der Waals surface area contributed by atoms with Crippen molar-refractivity contribution in [2.75, 3.05) is 19.8 Å². The molecule has 0 spiro atoms. The van der Waals surface area contributed by atoms with Gasteiger partial charge in [-0.05, 0) is 6.92 Å². The Hall–Kier alpha value is -0.610. The lowest BCUT2D eigenvalue weighted by molar-refractivity contribution is -0.149. The van der Waals surface area contributed by atoms with E-state index in [1.807, 2.05) is 0 Å². The van der Waals surface area contributed by atoms with Crippen LogP contribution in [-0.4, -0.2) is 36.4 Å². The summed E-state index contributed by atoms with van der Waals surface area (Å²) in [4.78, 5) is 10.5. The smallest absolute Gasteiger partial charge is 0.326 e. The van der Waals surface area contributed by atoms with E-state index in [2.05, 4.69) is 5.32 Å². The lowest BCUT2D eigenvalue weighted by atomic mass is 10.0. The Morgan fingerprint density at radius 2 is 2.50 bits per heavy atom. The number of morpholine rings is 1. The predicted octanol–water partition coefficient (Wildman–Crippen LogP) is -0.550. The molecule has 4 heteroatoms. The van der Waals surface area contributed by atoms with Crippen LogP contribution < -0.4 is 5.32 Å². The molecule has 1 rings (SSSR count). The quantitative estimate of drug-likeness (QED) is 0.519. The van der Waals surface area contributed by atoms with Gasteiger partial charge >= 0.3 is 5.97 Å². The number of hydrogen-bond donors (Lipinski definition) is 2. The molecule has 0 bridgehead atoms. The first kappa shape index (κ1) is 7.50. The summed E-state index contributed by atoms with van der Waals surface area (Å²) in [5.74, 6) is -0.854. The van der Waals surface area contributed by atoms with Crippen molar-refractivity contribution in [2.45, 2.75) is 12.5 Å². The molecule has 0 radical (unpaired) electrons. The summed E-state index contributed by atoms with van der Waals surface area (Å²) in [6, 6.07) is 0. The fraction of sp³-hybridized carbons (Fsp3) is 0.833. The minimum Gasteiger partial charge on any atom is -0.480 e. The van der Waals surface area contributed by atoms with Gasteiger partial charge in [0.05, 0.1) is 13.2 Å². The van der Waals surface area contributed by atoms with Crippen molar-refractivity contribution in [3.63, 3.8) is 0 Å². The molecule has 4 nitrogen and oxygen atoms in total. The third-order valence-corrected chi connectivity index (χ3v) is 1.62. The first-order valence-corrected chi connectivity index (χ1v) is 3.21. The molecule has 0 amide bonds. The van der Waals surface area contributed by atoms with Crippen molar-refractivity contribution in [2.24, 2.45) is 0 Å². The second-order valence-electron chi connectivity index (χ2n) is 2.62. The summed E-state index contributed by atoms with van der Waals surface area (Å²) >= 11 is 0. The van der Waals surface area contributed by atoms with E-state index in [4.69, 9.17) is 9.84 Å². The highest BCUT2D eigenvalue weighted by molar-refractivity contribution is 5.78. The fourth-order valence-corrected chi connectivity index (χ4v) is 0.864. The van der Waals surface area contributed by atoms with E-state index >= 15 is 0 Å². The molecule has 2 N–H and O–H groups in total. The minimum atomic E-state index is -0.877. The lowest BCUT2D eigenvalue weighted by Gasteiger charge is -2.30. The number of nitrogens with one attached hydrogen (secondary N) is 1. The number of carboxylic acids is 1. The van der Waals surface area contributed by atoms with Gasteiger partial charge in [-0.15, -0.1) is 0 Å². The van der Waals surface area contributed by atoms with Crippen LogP contribution >= 0.6 is 0 Å². The number of rotatable bonds is 1. The van der Waals surface area contributed by atoms with Crippen LogP contribution in [0.2, 0.25) is 0 Å². The van der Waals surface area contributed by atoms with Gasteiger partial charge in [0, 0.05) is 6.54 Å². The number of carboxylic acid groups (broad SMARTS) is 1. The van der Waals surface area contributed by atoms with E-state index in [-0.39, 0.29) is 6.61 Å². The summed E-state index contributed by atoms with van der Waals surface area (Å²) in [5.41, 5.74) is -0.877. The van der Waals surface area contributed by atoms with Crippen LogP contribution in [0, 0.1) is 0 Å². The van der Waals surface area contributed by atoms with E-state index in [0.717, 1.165) is 0 Å². The van der Waals surface area contributed by atoms with Gasteiger partial charge in [0.15, 0.2) is 0 Å². The molecule has 1 aliphatic rings. The second kappa shape index (κ2) is 2.56. The zero-order valence-corrected chi connectivity index (χ0v) is 5.89. The highest BCUT2D eigenvalue weighted by Crippen LogP contribution is 2.07. The first-order valence-electron chi connectivity index (χ1n) is 3.21. The second-order valence-corrected chi connectivity index (χ2v) is 2.62. The maximum Gasteiger partial charge on any atom is 0.326 e. The Kier molecular flexibility index (Phi) is 1.92. The molecule has 1 aliphatic heterocycles. The molecule has 10 heavy (non-hydrogen) atoms. The molecule has 0 aromatic carbocycles. The molecule has 58 valence electrons. The van der Waals surface area contributed by atoms with Gasteiger partial charge in [-0.3, -0.25) is 10.1 Å². The van der Waals surface area contributed by atoms with Crippen molar-refractivity contribution in [1.82, 2.24) is 5.32 Å². The van der Waals surface area contributed by atoms with Crippen LogP contribution in [-0.2, 0) is 9.53 Å². The van der Waals surface area contributed by atoms with Crippen LogP contribution in [0.1, 0.15) is 6.92 Å². The Bertz CT molecular complexity index is 140. The predicted molar refractivity (Wildman–Crippen MR) is 34.9 cm³/mol. The molecule has 1 fully saturated rings. The summed E-state index contributed by atoms with van der Waals surface area (Å²) < 4.78 is 5.00. The number of carbonyl (C=O) groups is 1. The van der Waals surface area contributed by atoms with Crippen LogP contribution in [0.15, 0.2) is 0 Å². The van der Waals surface area contributed by atoms with Gasteiger partial charge in [-0.1, -0.05) is 0 Å². The van der Waals surface area contributed by atoms with Crippen molar-refractivity contribution in [3.8, 4) is 0 Å². The number of hydrogen-bond acceptors (Lipinski definition) is 3. The number of ether oxygens (including phenoxy) is 1. The average molecular weight is 145 g/mol. The topological polar surface area (TPSA) is 58.6 Å². The SMILES string of the molecule is CC1(C(=O)O)COCCN1. The van der Waals surface area contributed by atoms with Crippen molar-refractivity contribution >= 4 is 5.97 Å². The van der Waals surface area contributed by atoms with Gasteiger partial charge in [0.1, 0.15) is 5.54 Å². The highest BCUT2D eigenvalue weighted by Gasteiger charge is 2.34. The molecule has 1 atom stereocenters. The van der Waals surface area contributed by atoms with Crippen LogP contribution in [0.5, 0.6) is 0 Å².